The molecule has 1 aromatic heterocycles. The lowest BCUT2D eigenvalue weighted by Gasteiger charge is -2.45. The van der Waals surface area contributed by atoms with E-state index in [1.807, 2.05) is 0 Å². The highest BCUT2D eigenvalue weighted by Gasteiger charge is 2.36. The Kier molecular flexibility index (Phi) is 4.46. The molecule has 2 atom stereocenters. The van der Waals surface area contributed by atoms with Crippen molar-refractivity contribution in [3.63, 3.8) is 0 Å². The van der Waals surface area contributed by atoms with Crippen LogP contribution < -0.4 is 0 Å². The molecule has 0 unspecified atom stereocenters. The topological polar surface area (TPSA) is 53.5 Å². The van der Waals surface area contributed by atoms with E-state index < -0.39 is 10.0 Å². The van der Waals surface area contributed by atoms with Gasteiger partial charge in [0.15, 0.2) is 0 Å². The van der Waals surface area contributed by atoms with Crippen molar-refractivity contribution in [2.24, 2.45) is 0 Å². The standard InChI is InChI=1S/C14H23N3O2S/c1-11(2)17-12(3)9-16(10-13(17)4)20(18,19)14-6-5-7-15-8-14/h5-8,11-13H,9-10H2,1-4H3/t12-,13+. The van der Waals surface area contributed by atoms with Crippen LogP contribution in [-0.2, 0) is 10.0 Å². The molecule has 5 nitrogen and oxygen atoms in total. The summed E-state index contributed by atoms with van der Waals surface area (Å²) in [7, 11) is -3.43. The van der Waals surface area contributed by atoms with E-state index in [9.17, 15) is 8.42 Å². The normalized spacial score (nSPS) is 26.1. The van der Waals surface area contributed by atoms with Crippen LogP contribution in [-0.4, -0.2) is 53.8 Å². The van der Waals surface area contributed by atoms with Crippen LogP contribution in [0.3, 0.4) is 0 Å². The van der Waals surface area contributed by atoms with Gasteiger partial charge in [-0.2, -0.15) is 4.31 Å². The van der Waals surface area contributed by atoms with Crippen LogP contribution in [0.15, 0.2) is 29.4 Å². The van der Waals surface area contributed by atoms with Gasteiger partial charge in [-0.15, -0.1) is 0 Å². The van der Waals surface area contributed by atoms with Gasteiger partial charge in [-0.3, -0.25) is 9.88 Å². The van der Waals surface area contributed by atoms with Gasteiger partial charge in [-0.25, -0.2) is 8.42 Å². The molecule has 112 valence electrons. The Bertz CT molecular complexity index is 533. The number of sulfonamides is 1. The van der Waals surface area contributed by atoms with Crippen molar-refractivity contribution >= 4 is 10.0 Å². The van der Waals surface area contributed by atoms with Gasteiger partial charge >= 0.3 is 0 Å². The first-order chi connectivity index (χ1) is 9.34. The first kappa shape index (κ1) is 15.4. The molecule has 0 aromatic carbocycles. The van der Waals surface area contributed by atoms with Crippen LogP contribution in [0.4, 0.5) is 0 Å². The molecule has 0 aliphatic carbocycles. The first-order valence-corrected chi connectivity index (χ1v) is 8.45. The number of pyridine rings is 1. The van der Waals surface area contributed by atoms with Crippen molar-refractivity contribution in [1.82, 2.24) is 14.2 Å². The zero-order chi connectivity index (χ0) is 14.9. The second-order valence-electron chi connectivity index (χ2n) is 5.75. The molecule has 0 radical (unpaired) electrons. The molecule has 0 N–H and O–H groups in total. The monoisotopic (exact) mass is 297 g/mol. The van der Waals surface area contributed by atoms with Crippen molar-refractivity contribution in [1.29, 1.82) is 0 Å². The summed E-state index contributed by atoms with van der Waals surface area (Å²) in [5.74, 6) is 0. The highest BCUT2D eigenvalue weighted by atomic mass is 32.2. The predicted octanol–water partition coefficient (Wildman–Crippen LogP) is 1.57. The lowest BCUT2D eigenvalue weighted by molar-refractivity contribution is 0.0491. The molecular weight excluding hydrogens is 274 g/mol. The molecule has 0 amide bonds. The Morgan fingerprint density at radius 1 is 1.25 bits per heavy atom. The smallest absolute Gasteiger partial charge is 0.244 e. The summed E-state index contributed by atoms with van der Waals surface area (Å²) in [6.07, 6.45) is 3.00. The highest BCUT2D eigenvalue weighted by molar-refractivity contribution is 7.89. The summed E-state index contributed by atoms with van der Waals surface area (Å²) < 4.78 is 26.8. The maximum atomic E-state index is 12.6. The molecule has 2 rings (SSSR count). The lowest BCUT2D eigenvalue weighted by atomic mass is 10.1. The average molecular weight is 297 g/mol. The maximum Gasteiger partial charge on any atom is 0.244 e. The molecule has 20 heavy (non-hydrogen) atoms. The van der Waals surface area contributed by atoms with E-state index in [1.165, 1.54) is 6.20 Å². The van der Waals surface area contributed by atoms with Crippen LogP contribution in [0.2, 0.25) is 0 Å². The number of nitrogens with zero attached hydrogens (tertiary/aromatic N) is 3. The lowest BCUT2D eigenvalue weighted by Crippen LogP contribution is -2.59. The molecule has 0 bridgehead atoms. The van der Waals surface area contributed by atoms with Crippen LogP contribution in [0.5, 0.6) is 0 Å². The number of hydrogen-bond donors (Lipinski definition) is 0. The number of rotatable bonds is 3. The zero-order valence-corrected chi connectivity index (χ0v) is 13.3. The predicted molar refractivity (Wildman–Crippen MR) is 78.9 cm³/mol. The summed E-state index contributed by atoms with van der Waals surface area (Å²) in [4.78, 5) is 6.56. The molecular formula is C14H23N3O2S. The minimum atomic E-state index is -3.43. The Hall–Kier alpha value is -0.980. The van der Waals surface area contributed by atoms with Gasteiger partial charge in [-0.1, -0.05) is 0 Å². The number of hydrogen-bond acceptors (Lipinski definition) is 4. The van der Waals surface area contributed by atoms with Gasteiger partial charge < -0.3 is 0 Å². The zero-order valence-electron chi connectivity index (χ0n) is 12.5. The van der Waals surface area contributed by atoms with Crippen molar-refractivity contribution < 1.29 is 8.42 Å². The summed E-state index contributed by atoms with van der Waals surface area (Å²) in [6, 6.07) is 4.11. The van der Waals surface area contributed by atoms with Crippen LogP contribution >= 0.6 is 0 Å². The van der Waals surface area contributed by atoms with E-state index >= 15 is 0 Å². The minimum Gasteiger partial charge on any atom is -0.293 e. The van der Waals surface area contributed by atoms with Crippen molar-refractivity contribution in [3.8, 4) is 0 Å². The molecule has 2 heterocycles. The van der Waals surface area contributed by atoms with E-state index in [4.69, 9.17) is 0 Å². The van der Waals surface area contributed by atoms with E-state index in [0.717, 1.165) is 0 Å². The summed E-state index contributed by atoms with van der Waals surface area (Å²) in [6.45, 7) is 9.53. The summed E-state index contributed by atoms with van der Waals surface area (Å²) in [5, 5.41) is 0. The number of aromatic nitrogens is 1. The molecule has 1 aromatic rings. The molecule has 1 saturated heterocycles. The third kappa shape index (κ3) is 2.87. The summed E-state index contributed by atoms with van der Waals surface area (Å²) >= 11 is 0. The Morgan fingerprint density at radius 2 is 1.85 bits per heavy atom. The third-order valence-corrected chi connectivity index (χ3v) is 5.64. The molecule has 1 aliphatic rings. The van der Waals surface area contributed by atoms with Gasteiger partial charge in [-0.05, 0) is 39.8 Å². The fraction of sp³-hybridized carbons (Fsp3) is 0.643. The van der Waals surface area contributed by atoms with Crippen LogP contribution in [0, 0.1) is 0 Å². The summed E-state index contributed by atoms with van der Waals surface area (Å²) in [5.41, 5.74) is 0. The van der Waals surface area contributed by atoms with Gasteiger partial charge in [0.05, 0.1) is 0 Å². The third-order valence-electron chi connectivity index (χ3n) is 3.82. The van der Waals surface area contributed by atoms with E-state index in [-0.39, 0.29) is 17.0 Å². The maximum absolute atomic E-state index is 12.6. The van der Waals surface area contributed by atoms with E-state index in [2.05, 4.69) is 37.6 Å². The molecule has 1 fully saturated rings. The van der Waals surface area contributed by atoms with Crippen LogP contribution in [0.1, 0.15) is 27.7 Å². The van der Waals surface area contributed by atoms with Crippen molar-refractivity contribution in [2.75, 3.05) is 13.1 Å². The minimum absolute atomic E-state index is 0.213. The first-order valence-electron chi connectivity index (χ1n) is 7.01. The van der Waals surface area contributed by atoms with Crippen LogP contribution in [0.25, 0.3) is 0 Å². The highest BCUT2D eigenvalue weighted by Crippen LogP contribution is 2.24. The Morgan fingerprint density at radius 3 is 2.30 bits per heavy atom. The van der Waals surface area contributed by atoms with E-state index in [1.54, 1.807) is 22.6 Å². The fourth-order valence-electron chi connectivity index (χ4n) is 3.15. The Labute approximate surface area is 121 Å². The van der Waals surface area contributed by atoms with Crippen molar-refractivity contribution in [2.45, 2.75) is 50.7 Å². The second kappa shape index (κ2) is 5.79. The average Bonchev–Trinajstić information content (AvgIpc) is 2.38. The Balaban J connectivity index is 2.24. The number of piperazine rings is 1. The molecule has 0 spiro atoms. The van der Waals surface area contributed by atoms with Gasteiger partial charge in [0.1, 0.15) is 4.90 Å². The second-order valence-corrected chi connectivity index (χ2v) is 7.69. The van der Waals surface area contributed by atoms with Gasteiger partial charge in [0, 0.05) is 43.6 Å². The fourth-order valence-corrected chi connectivity index (χ4v) is 4.72. The van der Waals surface area contributed by atoms with Crippen molar-refractivity contribution in [3.05, 3.63) is 24.5 Å². The molecule has 6 heteroatoms. The SMILES string of the molecule is CC(C)N1[C@H](C)CN(S(=O)(=O)c2cccnc2)C[C@@H]1C. The molecule has 0 saturated carbocycles. The van der Waals surface area contributed by atoms with E-state index in [0.29, 0.717) is 19.1 Å². The quantitative estimate of drug-likeness (QED) is 0.850. The van der Waals surface area contributed by atoms with Gasteiger partial charge in [0.2, 0.25) is 10.0 Å². The largest absolute Gasteiger partial charge is 0.293 e. The van der Waals surface area contributed by atoms with Gasteiger partial charge in [0.25, 0.3) is 0 Å². The molecule has 1 aliphatic heterocycles.